The maximum atomic E-state index is 13.0. The van der Waals surface area contributed by atoms with Crippen molar-refractivity contribution < 1.29 is 27.8 Å². The Balaban J connectivity index is 2.09. The summed E-state index contributed by atoms with van der Waals surface area (Å²) >= 11 is 11.8. The van der Waals surface area contributed by atoms with Crippen LogP contribution in [0.4, 0.5) is 13.2 Å². The van der Waals surface area contributed by atoms with Crippen LogP contribution in [0.1, 0.15) is 31.2 Å². The lowest BCUT2D eigenvalue weighted by Crippen LogP contribution is -2.48. The van der Waals surface area contributed by atoms with Crippen LogP contribution in [0.5, 0.6) is 0 Å². The Morgan fingerprint density at radius 2 is 1.97 bits per heavy atom. The summed E-state index contributed by atoms with van der Waals surface area (Å²) in [7, 11) is 1.45. The normalized spacial score (nSPS) is 18.0. The van der Waals surface area contributed by atoms with Crippen LogP contribution >= 0.6 is 23.2 Å². The monoisotopic (exact) mass is 481 g/mol. The molecule has 1 N–H and O–H groups in total. The molecule has 1 amide bonds. The molecule has 0 saturated carbocycles. The van der Waals surface area contributed by atoms with E-state index >= 15 is 0 Å². The van der Waals surface area contributed by atoms with Gasteiger partial charge >= 0.3 is 6.18 Å². The Hall–Kier alpha value is -1.97. The van der Waals surface area contributed by atoms with Crippen LogP contribution in [0.2, 0.25) is 5.02 Å². The molecule has 1 aromatic rings. The molecule has 0 spiro atoms. The molecule has 2 heterocycles. The molecule has 1 aliphatic rings. The number of aliphatic hydroxyl groups is 1. The minimum atomic E-state index is -4.70. The van der Waals surface area contributed by atoms with Crippen molar-refractivity contribution in [1.82, 2.24) is 14.7 Å². The van der Waals surface area contributed by atoms with Crippen LogP contribution in [-0.2, 0) is 22.3 Å². The quantitative estimate of drug-likeness (QED) is 0.481. The van der Waals surface area contributed by atoms with Crippen molar-refractivity contribution in [1.29, 1.82) is 0 Å². The molecule has 0 radical (unpaired) electrons. The smallest absolute Gasteiger partial charge is 0.436 e. The summed E-state index contributed by atoms with van der Waals surface area (Å²) in [6.45, 7) is 6.75. The fraction of sp³-hybridized carbons (Fsp3) is 0.500. The first kappa shape index (κ1) is 25.3. The van der Waals surface area contributed by atoms with Gasteiger partial charge in [0.1, 0.15) is 12.3 Å². The topological polar surface area (TPSA) is 67.6 Å². The van der Waals surface area contributed by atoms with Crippen LogP contribution in [0.3, 0.4) is 0 Å². The molecule has 172 valence electrons. The maximum Gasteiger partial charge on any atom is 0.436 e. The minimum absolute atomic E-state index is 0.0626. The van der Waals surface area contributed by atoms with E-state index in [4.69, 9.17) is 27.9 Å². The molecule has 1 saturated heterocycles. The second-order valence-electron chi connectivity index (χ2n) is 7.26. The number of amides is 1. The van der Waals surface area contributed by atoms with Gasteiger partial charge in [0.25, 0.3) is 0 Å². The Bertz CT molecular complexity index is 915. The van der Waals surface area contributed by atoms with Crippen molar-refractivity contribution in [2.75, 3.05) is 20.2 Å². The number of aromatic nitrogens is 2. The second-order valence-corrected chi connectivity index (χ2v) is 8.05. The average Bonchev–Trinajstić information content (AvgIpc) is 3.00. The molecular weight excluding hydrogens is 458 g/mol. The molecule has 11 heteroatoms. The molecule has 0 aromatic carbocycles. The molecule has 0 aliphatic carbocycles. The van der Waals surface area contributed by atoms with Crippen molar-refractivity contribution >= 4 is 29.1 Å². The van der Waals surface area contributed by atoms with E-state index in [1.54, 1.807) is 13.0 Å². The first-order valence-corrected chi connectivity index (χ1v) is 10.1. The van der Waals surface area contributed by atoms with Gasteiger partial charge in [-0.2, -0.15) is 18.3 Å². The van der Waals surface area contributed by atoms with Crippen molar-refractivity contribution in [3.63, 3.8) is 0 Å². The lowest BCUT2D eigenvalue weighted by Gasteiger charge is -2.39. The highest BCUT2D eigenvalue weighted by Crippen LogP contribution is 2.35. The summed E-state index contributed by atoms with van der Waals surface area (Å²) in [5, 5.41) is 14.2. The summed E-state index contributed by atoms with van der Waals surface area (Å²) in [6.07, 6.45) is -1.17. The van der Waals surface area contributed by atoms with Gasteiger partial charge in [0.2, 0.25) is 5.91 Å². The van der Waals surface area contributed by atoms with E-state index in [1.165, 1.54) is 25.0 Å². The summed E-state index contributed by atoms with van der Waals surface area (Å²) in [6, 6.07) is 0. The number of carbonyl (C=O) groups is 1. The predicted molar refractivity (Wildman–Crippen MR) is 112 cm³/mol. The van der Waals surface area contributed by atoms with Crippen LogP contribution in [0.25, 0.3) is 0 Å². The Labute approximate surface area is 188 Å². The van der Waals surface area contributed by atoms with E-state index in [1.807, 2.05) is 0 Å². The highest BCUT2D eigenvalue weighted by Gasteiger charge is 2.39. The van der Waals surface area contributed by atoms with Crippen molar-refractivity contribution in [3.05, 3.63) is 51.5 Å². The van der Waals surface area contributed by atoms with Gasteiger partial charge < -0.3 is 14.7 Å². The van der Waals surface area contributed by atoms with Crippen molar-refractivity contribution in [3.8, 4) is 0 Å². The number of methoxy groups -OCH3 is 1. The third kappa shape index (κ3) is 5.64. The molecule has 0 unspecified atom stereocenters. The summed E-state index contributed by atoms with van der Waals surface area (Å²) in [4.78, 5) is 14.1. The second kappa shape index (κ2) is 9.67. The molecule has 2 rings (SSSR count). The largest absolute Gasteiger partial charge is 0.495 e. The summed E-state index contributed by atoms with van der Waals surface area (Å²) in [5.74, 6) is -0.0561. The summed E-state index contributed by atoms with van der Waals surface area (Å²) < 4.78 is 45.1. The van der Waals surface area contributed by atoms with Crippen LogP contribution in [0, 0.1) is 6.92 Å². The van der Waals surface area contributed by atoms with Gasteiger partial charge in [-0.25, -0.2) is 0 Å². The van der Waals surface area contributed by atoms with E-state index in [-0.39, 0.29) is 38.2 Å². The van der Waals surface area contributed by atoms with Gasteiger partial charge in [0.15, 0.2) is 5.69 Å². The number of likely N-dealkylation sites (tertiary alicyclic amines) is 1. The lowest BCUT2D eigenvalue weighted by molar-refractivity contribution is -0.142. The van der Waals surface area contributed by atoms with Crippen molar-refractivity contribution in [2.24, 2.45) is 0 Å². The van der Waals surface area contributed by atoms with Gasteiger partial charge in [-0.3, -0.25) is 9.48 Å². The van der Waals surface area contributed by atoms with E-state index in [0.29, 0.717) is 16.4 Å². The van der Waals surface area contributed by atoms with Gasteiger partial charge in [-0.15, -0.1) is 0 Å². The Morgan fingerprint density at radius 3 is 2.42 bits per heavy atom. The maximum absolute atomic E-state index is 13.0. The number of ether oxygens (including phenoxy) is 1. The third-order valence-corrected chi connectivity index (χ3v) is 6.14. The summed E-state index contributed by atoms with van der Waals surface area (Å²) in [5.41, 5.74) is -1.71. The third-order valence-electron chi connectivity index (χ3n) is 5.35. The first-order chi connectivity index (χ1) is 14.3. The van der Waals surface area contributed by atoms with E-state index < -0.39 is 28.4 Å². The van der Waals surface area contributed by atoms with E-state index in [2.05, 4.69) is 11.7 Å². The molecule has 31 heavy (non-hydrogen) atoms. The Morgan fingerprint density at radius 1 is 1.39 bits per heavy atom. The number of allylic oxidation sites excluding steroid dienone is 3. The zero-order valence-electron chi connectivity index (χ0n) is 17.4. The number of halogens is 5. The van der Waals surface area contributed by atoms with Gasteiger partial charge in [0, 0.05) is 13.1 Å². The number of hydrogen-bond acceptors (Lipinski definition) is 4. The number of hydrogen-bond donors (Lipinski definition) is 1. The molecule has 1 aromatic heterocycles. The fourth-order valence-electron chi connectivity index (χ4n) is 3.26. The highest BCUT2D eigenvalue weighted by molar-refractivity contribution is 6.32. The van der Waals surface area contributed by atoms with Crippen molar-refractivity contribution in [2.45, 2.75) is 45.0 Å². The molecule has 6 nitrogen and oxygen atoms in total. The van der Waals surface area contributed by atoms with Gasteiger partial charge in [-0.05, 0) is 44.4 Å². The van der Waals surface area contributed by atoms with Crippen LogP contribution in [-0.4, -0.2) is 51.5 Å². The predicted octanol–water partition coefficient (Wildman–Crippen LogP) is 4.45. The van der Waals surface area contributed by atoms with E-state index in [0.717, 1.165) is 4.68 Å². The van der Waals surface area contributed by atoms with Gasteiger partial charge in [-0.1, -0.05) is 29.8 Å². The zero-order chi connectivity index (χ0) is 23.6. The number of nitrogens with zero attached hydrogens (tertiary/aromatic N) is 3. The zero-order valence-corrected chi connectivity index (χ0v) is 18.9. The molecule has 0 atom stereocenters. The standard InChI is InChI=1S/C20H24Cl2F3N3O3/c1-5-14(21)15(31-4)10-12(2)19(30)6-8-27(9-7-19)16(29)11-28-13(3)17(22)18(26-28)20(23,24)25/h5,10,30H,1,6-9,11H2,2-4H3/b12-10+,15-14-. The fourth-order valence-corrected chi connectivity index (χ4v) is 3.64. The molecular formula is C20H24Cl2F3N3O3. The van der Waals surface area contributed by atoms with Gasteiger partial charge in [0.05, 0.1) is 28.5 Å². The van der Waals surface area contributed by atoms with Crippen LogP contribution < -0.4 is 0 Å². The molecule has 0 bridgehead atoms. The SMILES string of the molecule is C=C/C(Cl)=C(\C=C(/C)C1(O)CCN(C(=O)Cn2nc(C(F)(F)F)c(Cl)c2C)CC1)OC. The number of alkyl halides is 3. The molecule has 1 aliphatic heterocycles. The molecule has 1 fully saturated rings. The van der Waals surface area contributed by atoms with E-state index in [9.17, 15) is 23.1 Å². The number of piperidine rings is 1. The first-order valence-electron chi connectivity index (χ1n) is 9.39. The minimum Gasteiger partial charge on any atom is -0.495 e. The average molecular weight is 482 g/mol. The highest BCUT2D eigenvalue weighted by atomic mass is 35.5. The Kier molecular flexibility index (Phi) is 7.89. The number of carbonyl (C=O) groups excluding carboxylic acids is 1. The number of rotatable bonds is 6. The lowest BCUT2D eigenvalue weighted by atomic mass is 9.84. The van der Waals surface area contributed by atoms with Crippen LogP contribution in [0.15, 0.2) is 35.1 Å².